The van der Waals surface area contributed by atoms with Crippen LogP contribution in [0.2, 0.25) is 0 Å². The maximum atomic E-state index is 6.54. The molecule has 0 saturated carbocycles. The smallest absolute Gasteiger partial charge is 0.160 e. The highest BCUT2D eigenvalue weighted by Gasteiger charge is 2.20. The Bertz CT molecular complexity index is 4310. The molecule has 5 heteroatoms. The Balaban J connectivity index is 0.962. The molecule has 0 amide bonds. The molecule has 0 N–H and O–H groups in total. The number of nitrogens with zero attached hydrogens (tertiary/aromatic N) is 3. The Morgan fingerprint density at radius 3 is 1.67 bits per heavy atom. The minimum Gasteiger partial charge on any atom is -0.456 e. The molecule has 0 bridgehead atoms. The van der Waals surface area contributed by atoms with Crippen molar-refractivity contribution in [3.8, 4) is 73.0 Å². The number of para-hydroxylation sites is 4. The van der Waals surface area contributed by atoms with Crippen LogP contribution < -0.4 is 0 Å². The summed E-state index contributed by atoms with van der Waals surface area (Å²) in [6, 6.07) is 83.4. The second-order valence-electron chi connectivity index (χ2n) is 17.7. The highest BCUT2D eigenvalue weighted by molar-refractivity contribution is 6.15. The van der Waals surface area contributed by atoms with Crippen LogP contribution in [0.25, 0.3) is 139 Å². The van der Waals surface area contributed by atoms with E-state index in [4.69, 9.17) is 18.8 Å². The summed E-state index contributed by atoms with van der Waals surface area (Å²) in [7, 11) is 0. The molecule has 0 aliphatic rings. The average Bonchev–Trinajstić information content (AvgIpc) is 4.11. The van der Waals surface area contributed by atoms with Gasteiger partial charge in [-0.25, -0.2) is 9.97 Å². The van der Waals surface area contributed by atoms with Gasteiger partial charge in [-0.2, -0.15) is 0 Å². The Morgan fingerprint density at radius 1 is 0.304 bits per heavy atom. The van der Waals surface area contributed by atoms with Gasteiger partial charge in [-0.15, -0.1) is 0 Å². The molecular formula is C64H39N3O2. The van der Waals surface area contributed by atoms with Crippen molar-refractivity contribution in [3.05, 3.63) is 237 Å². The van der Waals surface area contributed by atoms with E-state index >= 15 is 0 Å². The minimum atomic E-state index is 0.656. The first-order chi connectivity index (χ1) is 34.2. The number of hydrogen-bond donors (Lipinski definition) is 0. The van der Waals surface area contributed by atoms with E-state index in [1.165, 1.54) is 21.9 Å². The van der Waals surface area contributed by atoms with Gasteiger partial charge in [-0.3, -0.25) is 0 Å². The van der Waals surface area contributed by atoms with Gasteiger partial charge < -0.3 is 13.4 Å². The van der Waals surface area contributed by atoms with Crippen molar-refractivity contribution in [3.63, 3.8) is 0 Å². The third-order valence-corrected chi connectivity index (χ3v) is 13.6. The van der Waals surface area contributed by atoms with Crippen LogP contribution >= 0.6 is 0 Å². The predicted molar refractivity (Wildman–Crippen MR) is 284 cm³/mol. The Hall–Kier alpha value is -9.32. The van der Waals surface area contributed by atoms with E-state index in [9.17, 15) is 0 Å². The molecule has 0 radical (unpaired) electrons. The van der Waals surface area contributed by atoms with E-state index in [0.29, 0.717) is 5.82 Å². The minimum absolute atomic E-state index is 0.656. The van der Waals surface area contributed by atoms with Crippen LogP contribution in [-0.4, -0.2) is 14.5 Å². The second-order valence-corrected chi connectivity index (χ2v) is 17.7. The maximum Gasteiger partial charge on any atom is 0.160 e. The first-order valence-electron chi connectivity index (χ1n) is 23.3. The fraction of sp³-hybridized carbons (Fsp3) is 0. The molecule has 0 aliphatic heterocycles. The van der Waals surface area contributed by atoms with E-state index < -0.39 is 0 Å². The summed E-state index contributed by atoms with van der Waals surface area (Å²) >= 11 is 0. The molecule has 14 aromatic rings. The second kappa shape index (κ2) is 15.7. The van der Waals surface area contributed by atoms with Crippen LogP contribution in [0.5, 0.6) is 0 Å². The monoisotopic (exact) mass is 881 g/mol. The van der Waals surface area contributed by atoms with Crippen LogP contribution in [0.15, 0.2) is 245 Å². The molecule has 4 aromatic heterocycles. The van der Waals surface area contributed by atoms with Crippen LogP contribution in [-0.2, 0) is 0 Å². The third kappa shape index (κ3) is 6.47. The summed E-state index contributed by atoms with van der Waals surface area (Å²) in [6.07, 6.45) is 0. The number of furan rings is 2. The van der Waals surface area contributed by atoms with E-state index in [-0.39, 0.29) is 0 Å². The van der Waals surface area contributed by atoms with Crippen LogP contribution in [0, 0.1) is 0 Å². The highest BCUT2D eigenvalue weighted by atomic mass is 16.3. The van der Waals surface area contributed by atoms with Crippen molar-refractivity contribution in [1.29, 1.82) is 0 Å². The molecule has 0 saturated heterocycles. The first kappa shape index (κ1) is 38.9. The van der Waals surface area contributed by atoms with E-state index in [0.717, 1.165) is 111 Å². The highest BCUT2D eigenvalue weighted by Crippen LogP contribution is 2.43. The quantitative estimate of drug-likeness (QED) is 0.160. The molecule has 0 aliphatic carbocycles. The van der Waals surface area contributed by atoms with Gasteiger partial charge in [0.25, 0.3) is 0 Å². The van der Waals surface area contributed by atoms with Gasteiger partial charge in [0.05, 0.1) is 22.4 Å². The van der Waals surface area contributed by atoms with E-state index in [1.54, 1.807) is 0 Å². The lowest BCUT2D eigenvalue weighted by atomic mass is 9.96. The van der Waals surface area contributed by atoms with E-state index in [2.05, 4.69) is 193 Å². The first-order valence-corrected chi connectivity index (χ1v) is 23.3. The zero-order chi connectivity index (χ0) is 45.4. The summed E-state index contributed by atoms with van der Waals surface area (Å²) in [5.74, 6) is 0.656. The molecule has 0 spiro atoms. The fourth-order valence-corrected chi connectivity index (χ4v) is 10.4. The number of hydrogen-bond acceptors (Lipinski definition) is 4. The average molecular weight is 882 g/mol. The van der Waals surface area contributed by atoms with Gasteiger partial charge in [0.1, 0.15) is 22.3 Å². The van der Waals surface area contributed by atoms with Crippen LogP contribution in [0.3, 0.4) is 0 Å². The van der Waals surface area contributed by atoms with Crippen molar-refractivity contribution in [1.82, 2.24) is 14.5 Å². The van der Waals surface area contributed by atoms with Crippen molar-refractivity contribution >= 4 is 65.7 Å². The molecule has 0 fully saturated rings. The zero-order valence-electron chi connectivity index (χ0n) is 37.2. The van der Waals surface area contributed by atoms with Crippen molar-refractivity contribution in [2.45, 2.75) is 0 Å². The zero-order valence-corrected chi connectivity index (χ0v) is 37.2. The third-order valence-electron chi connectivity index (χ3n) is 13.6. The normalized spacial score (nSPS) is 11.8. The standard InChI is InChI=1S/C64H39N3O2/c1-3-15-40(16-4-1)42-32-34-58-55(37-42)53-27-13-25-48(43-19-11-20-44(35-43)49-26-14-28-54-51-24-8-10-30-60(51)69-63(49)54)62(53)67(58)47-22-12-21-45(36-47)56-39-57(66-64(65-56)41-17-5-2-6-18-41)46-31-33-52-50-23-7-9-29-59(50)68-61(52)38-46/h1-39H. The summed E-state index contributed by atoms with van der Waals surface area (Å²) in [6.45, 7) is 0. The Kier molecular flexibility index (Phi) is 8.83. The summed E-state index contributed by atoms with van der Waals surface area (Å²) < 4.78 is 15.3. The fourth-order valence-electron chi connectivity index (χ4n) is 10.4. The number of benzene rings is 10. The molecule has 4 heterocycles. The maximum absolute atomic E-state index is 6.54. The number of rotatable bonds is 7. The molecule has 322 valence electrons. The van der Waals surface area contributed by atoms with Crippen LogP contribution in [0.1, 0.15) is 0 Å². The Labute approximate surface area is 396 Å². The van der Waals surface area contributed by atoms with Gasteiger partial charge in [-0.05, 0) is 82.9 Å². The van der Waals surface area contributed by atoms with Gasteiger partial charge >= 0.3 is 0 Å². The van der Waals surface area contributed by atoms with Gasteiger partial charge in [-0.1, -0.05) is 176 Å². The topological polar surface area (TPSA) is 57.0 Å². The molecular weight excluding hydrogens is 843 g/mol. The lowest BCUT2D eigenvalue weighted by Gasteiger charge is -2.14. The summed E-state index contributed by atoms with van der Waals surface area (Å²) in [5.41, 5.74) is 18.0. The number of aromatic nitrogens is 3. The van der Waals surface area contributed by atoms with Gasteiger partial charge in [0.2, 0.25) is 0 Å². The van der Waals surface area contributed by atoms with Crippen molar-refractivity contribution < 1.29 is 8.83 Å². The molecule has 0 atom stereocenters. The summed E-state index contributed by atoms with van der Waals surface area (Å²) in [5, 5.41) is 6.77. The number of fused-ring (bicyclic) bond motifs is 9. The SMILES string of the molecule is c1ccc(-c2ccc3c(c2)c2cccc(-c4cccc(-c5cccc6c5oc5ccccc56)c4)c2n3-c2cccc(-c3cc(-c4ccc5c(c4)oc4ccccc45)nc(-c4ccccc4)n3)c2)cc1. The van der Waals surface area contributed by atoms with Crippen LogP contribution in [0.4, 0.5) is 0 Å². The molecule has 69 heavy (non-hydrogen) atoms. The van der Waals surface area contributed by atoms with E-state index in [1.807, 2.05) is 48.5 Å². The van der Waals surface area contributed by atoms with Gasteiger partial charge in [0, 0.05) is 65.8 Å². The molecule has 0 unspecified atom stereocenters. The molecule has 5 nitrogen and oxygen atoms in total. The van der Waals surface area contributed by atoms with Crippen molar-refractivity contribution in [2.75, 3.05) is 0 Å². The van der Waals surface area contributed by atoms with Crippen molar-refractivity contribution in [2.24, 2.45) is 0 Å². The lowest BCUT2D eigenvalue weighted by Crippen LogP contribution is -1.98. The lowest BCUT2D eigenvalue weighted by molar-refractivity contribution is 0.669. The van der Waals surface area contributed by atoms with Gasteiger partial charge in [0.15, 0.2) is 5.82 Å². The largest absolute Gasteiger partial charge is 0.456 e. The predicted octanol–water partition coefficient (Wildman–Crippen LogP) is 17.4. The molecule has 14 rings (SSSR count). The Morgan fingerprint density at radius 2 is 0.870 bits per heavy atom. The molecule has 10 aromatic carbocycles. The summed E-state index contributed by atoms with van der Waals surface area (Å²) in [4.78, 5) is 10.5.